The average Bonchev–Trinajstić information content (AvgIpc) is 3.09. The Kier molecular flexibility index (Phi) is 6.20. The normalized spacial score (nSPS) is 11.6. The van der Waals surface area contributed by atoms with Crippen LogP contribution in [0.4, 0.5) is 16.5 Å². The fourth-order valence-electron chi connectivity index (χ4n) is 2.29. The van der Waals surface area contributed by atoms with Crippen molar-refractivity contribution in [3.05, 3.63) is 60.2 Å². The van der Waals surface area contributed by atoms with E-state index in [2.05, 4.69) is 20.8 Å². The van der Waals surface area contributed by atoms with Crippen LogP contribution in [0.5, 0.6) is 0 Å². The molecule has 138 valence electrons. The quantitative estimate of drug-likeness (QED) is 0.447. The number of para-hydroxylation sites is 2. The van der Waals surface area contributed by atoms with Gasteiger partial charge in [-0.15, -0.1) is 10.2 Å². The average molecular weight is 399 g/mol. The summed E-state index contributed by atoms with van der Waals surface area (Å²) >= 11 is 2.71. The number of anilines is 3. The third-order valence-electron chi connectivity index (χ3n) is 3.64. The molecule has 0 aliphatic carbocycles. The van der Waals surface area contributed by atoms with Gasteiger partial charge in [0, 0.05) is 11.3 Å². The maximum absolute atomic E-state index is 12.5. The Balaban J connectivity index is 1.61. The number of carbonyl (C=O) groups is 2. The molecular weight excluding hydrogens is 380 g/mol. The molecule has 0 saturated heterocycles. The van der Waals surface area contributed by atoms with Crippen LogP contribution < -0.4 is 10.6 Å². The molecule has 0 radical (unpaired) electrons. The molecule has 6 nitrogen and oxygen atoms in total. The van der Waals surface area contributed by atoms with E-state index in [9.17, 15) is 9.59 Å². The summed E-state index contributed by atoms with van der Waals surface area (Å²) in [6.45, 7) is 3.27. The predicted molar refractivity (Wildman–Crippen MR) is 110 cm³/mol. The first-order valence-electron chi connectivity index (χ1n) is 8.26. The largest absolute Gasteiger partial charge is 0.330 e. The molecule has 2 N–H and O–H groups in total. The number of aromatic nitrogens is 2. The first-order valence-corrected chi connectivity index (χ1v) is 9.95. The predicted octanol–water partition coefficient (Wildman–Crippen LogP) is 4.60. The van der Waals surface area contributed by atoms with Crippen molar-refractivity contribution in [3.8, 4) is 0 Å². The second-order valence-corrected chi connectivity index (χ2v) is 8.28. The van der Waals surface area contributed by atoms with E-state index in [-0.39, 0.29) is 16.9 Å². The lowest BCUT2D eigenvalue weighted by Gasteiger charge is -2.12. The van der Waals surface area contributed by atoms with E-state index >= 15 is 0 Å². The monoisotopic (exact) mass is 398 g/mol. The van der Waals surface area contributed by atoms with Crippen LogP contribution in [0.25, 0.3) is 0 Å². The molecule has 3 aromatic rings. The Labute approximate surface area is 165 Å². The van der Waals surface area contributed by atoms with E-state index in [0.717, 1.165) is 5.69 Å². The maximum atomic E-state index is 12.5. The number of nitrogens with one attached hydrogen (secondary N) is 2. The van der Waals surface area contributed by atoms with Gasteiger partial charge in [0.15, 0.2) is 10.1 Å². The van der Waals surface area contributed by atoms with Gasteiger partial charge in [-0.3, -0.25) is 9.59 Å². The lowest BCUT2D eigenvalue weighted by atomic mass is 10.1. The van der Waals surface area contributed by atoms with E-state index in [1.165, 1.54) is 30.0 Å². The standard InChI is InChI=1S/C19H18N4O2S2/c1-12(24)15-10-6-7-11-16(15)21-17(25)13(2)26-19-23-22-18(27-19)20-14-8-4-3-5-9-14/h3-11,13H,1-2H3,(H,20,22)(H,21,25)/t13-/m1/s1. The number of carbonyl (C=O) groups excluding carboxylic acids is 2. The minimum atomic E-state index is -0.387. The topological polar surface area (TPSA) is 84.0 Å². The number of benzene rings is 2. The molecule has 8 heteroatoms. The molecule has 0 saturated carbocycles. The van der Waals surface area contributed by atoms with Crippen molar-refractivity contribution in [2.24, 2.45) is 0 Å². The van der Waals surface area contributed by atoms with Crippen LogP contribution in [-0.2, 0) is 4.79 Å². The molecule has 2 aromatic carbocycles. The lowest BCUT2D eigenvalue weighted by molar-refractivity contribution is -0.115. The fourth-order valence-corrected chi connectivity index (χ4v) is 4.21. The summed E-state index contributed by atoms with van der Waals surface area (Å²) in [5.41, 5.74) is 1.94. The third-order valence-corrected chi connectivity index (χ3v) is 5.67. The fraction of sp³-hybridized carbons (Fsp3) is 0.158. The van der Waals surface area contributed by atoms with E-state index in [4.69, 9.17) is 0 Å². The number of ketones is 1. The first kappa shape index (κ1) is 19.1. The Bertz CT molecular complexity index is 944. The molecule has 0 unspecified atom stereocenters. The molecule has 0 spiro atoms. The number of amides is 1. The number of hydrogen-bond acceptors (Lipinski definition) is 7. The zero-order valence-electron chi connectivity index (χ0n) is 14.8. The number of nitrogens with zero attached hydrogens (tertiary/aromatic N) is 2. The third kappa shape index (κ3) is 5.15. The van der Waals surface area contributed by atoms with Crippen LogP contribution in [0, 0.1) is 0 Å². The molecule has 0 fully saturated rings. The zero-order chi connectivity index (χ0) is 19.2. The van der Waals surface area contributed by atoms with Gasteiger partial charge in [-0.05, 0) is 38.1 Å². The molecule has 0 aliphatic heterocycles. The van der Waals surface area contributed by atoms with E-state index in [1.807, 2.05) is 30.3 Å². The SMILES string of the molecule is CC(=O)c1ccccc1NC(=O)[C@@H](C)Sc1nnc(Nc2ccccc2)s1. The van der Waals surface area contributed by atoms with Gasteiger partial charge in [-0.1, -0.05) is 53.4 Å². The highest BCUT2D eigenvalue weighted by atomic mass is 32.2. The molecule has 1 atom stereocenters. The summed E-state index contributed by atoms with van der Waals surface area (Å²) in [6.07, 6.45) is 0. The van der Waals surface area contributed by atoms with E-state index in [0.29, 0.717) is 20.7 Å². The minimum absolute atomic E-state index is 0.0908. The number of Topliss-reactive ketones (excluding diaryl/α,β-unsaturated/α-hetero) is 1. The van der Waals surface area contributed by atoms with Crippen LogP contribution >= 0.6 is 23.1 Å². The van der Waals surface area contributed by atoms with Crippen LogP contribution in [0.2, 0.25) is 0 Å². The highest BCUT2D eigenvalue weighted by Crippen LogP contribution is 2.31. The van der Waals surface area contributed by atoms with Gasteiger partial charge in [-0.25, -0.2) is 0 Å². The van der Waals surface area contributed by atoms with Gasteiger partial charge in [-0.2, -0.15) is 0 Å². The summed E-state index contributed by atoms with van der Waals surface area (Å²) in [5, 5.41) is 14.5. The van der Waals surface area contributed by atoms with Gasteiger partial charge in [0.25, 0.3) is 0 Å². The Morgan fingerprint density at radius 1 is 1.04 bits per heavy atom. The summed E-state index contributed by atoms with van der Waals surface area (Å²) in [4.78, 5) is 24.2. The van der Waals surface area contributed by atoms with Crippen molar-refractivity contribution in [2.75, 3.05) is 10.6 Å². The molecule has 27 heavy (non-hydrogen) atoms. The summed E-state index contributed by atoms with van der Waals surface area (Å²) in [6, 6.07) is 16.7. The van der Waals surface area contributed by atoms with Crippen LogP contribution in [0.1, 0.15) is 24.2 Å². The lowest BCUT2D eigenvalue weighted by Crippen LogP contribution is -2.23. The highest BCUT2D eigenvalue weighted by Gasteiger charge is 2.19. The van der Waals surface area contributed by atoms with Crippen molar-refractivity contribution < 1.29 is 9.59 Å². The van der Waals surface area contributed by atoms with Crippen molar-refractivity contribution in [1.82, 2.24) is 10.2 Å². The first-order chi connectivity index (χ1) is 13.0. The van der Waals surface area contributed by atoms with Crippen molar-refractivity contribution >= 4 is 51.3 Å². The molecule has 1 heterocycles. The Morgan fingerprint density at radius 3 is 2.48 bits per heavy atom. The van der Waals surface area contributed by atoms with Crippen LogP contribution in [0.15, 0.2) is 58.9 Å². The second kappa shape index (κ2) is 8.79. The molecule has 0 aliphatic rings. The highest BCUT2D eigenvalue weighted by molar-refractivity contribution is 8.02. The Hall–Kier alpha value is -2.71. The number of thioether (sulfide) groups is 1. The number of rotatable bonds is 7. The summed E-state index contributed by atoms with van der Waals surface area (Å²) in [7, 11) is 0. The minimum Gasteiger partial charge on any atom is -0.330 e. The van der Waals surface area contributed by atoms with Gasteiger partial charge in [0.05, 0.1) is 10.9 Å². The summed E-state index contributed by atoms with van der Waals surface area (Å²) in [5.74, 6) is -0.284. The van der Waals surface area contributed by atoms with E-state index < -0.39 is 0 Å². The summed E-state index contributed by atoms with van der Waals surface area (Å²) < 4.78 is 0.691. The van der Waals surface area contributed by atoms with Crippen molar-refractivity contribution in [2.45, 2.75) is 23.4 Å². The van der Waals surface area contributed by atoms with Gasteiger partial charge in [0.1, 0.15) is 0 Å². The van der Waals surface area contributed by atoms with Gasteiger partial charge < -0.3 is 10.6 Å². The van der Waals surface area contributed by atoms with Crippen LogP contribution in [0.3, 0.4) is 0 Å². The van der Waals surface area contributed by atoms with Crippen LogP contribution in [-0.4, -0.2) is 27.1 Å². The Morgan fingerprint density at radius 2 is 1.74 bits per heavy atom. The molecule has 1 aromatic heterocycles. The van der Waals surface area contributed by atoms with Crippen molar-refractivity contribution in [3.63, 3.8) is 0 Å². The maximum Gasteiger partial charge on any atom is 0.237 e. The second-order valence-electron chi connectivity index (χ2n) is 5.72. The van der Waals surface area contributed by atoms with Gasteiger partial charge >= 0.3 is 0 Å². The molecule has 3 rings (SSSR count). The van der Waals surface area contributed by atoms with Crippen molar-refractivity contribution in [1.29, 1.82) is 0 Å². The van der Waals surface area contributed by atoms with Gasteiger partial charge in [0.2, 0.25) is 11.0 Å². The molecule has 1 amide bonds. The smallest absolute Gasteiger partial charge is 0.237 e. The molecule has 0 bridgehead atoms. The zero-order valence-corrected chi connectivity index (χ0v) is 16.4. The molecular formula is C19H18N4O2S2. The van der Waals surface area contributed by atoms with E-state index in [1.54, 1.807) is 31.2 Å². The number of hydrogen-bond donors (Lipinski definition) is 2.